The Kier molecular flexibility index (Phi) is 3.97. The molecule has 2 aromatic carbocycles. The van der Waals surface area contributed by atoms with Gasteiger partial charge in [-0.05, 0) is 23.9 Å². The zero-order chi connectivity index (χ0) is 18.5. The van der Waals surface area contributed by atoms with Crippen molar-refractivity contribution in [1.82, 2.24) is 0 Å². The third-order valence-electron chi connectivity index (χ3n) is 3.24. The smallest absolute Gasteiger partial charge is 0.360 e. The van der Waals surface area contributed by atoms with Crippen LogP contribution in [0.25, 0.3) is 0 Å². The van der Waals surface area contributed by atoms with Crippen LogP contribution >= 0.6 is 23.4 Å². The zero-order valence-electron chi connectivity index (χ0n) is 11.8. The van der Waals surface area contributed by atoms with Crippen LogP contribution in [0.2, 0.25) is 5.02 Å². The largest absolute Gasteiger partial charge is 0.503 e. The molecule has 2 aromatic rings. The summed E-state index contributed by atoms with van der Waals surface area (Å²) in [7, 11) is 0. The molecule has 0 saturated heterocycles. The Morgan fingerprint density at radius 1 is 1.24 bits per heavy atom. The van der Waals surface area contributed by atoms with Crippen molar-refractivity contribution in [2.75, 3.05) is 0 Å². The summed E-state index contributed by atoms with van der Waals surface area (Å²) in [4.78, 5) is 11.2. The molecule has 3 rings (SSSR count). The van der Waals surface area contributed by atoms with Crippen molar-refractivity contribution in [1.29, 1.82) is 5.26 Å². The Labute approximate surface area is 147 Å². The summed E-state index contributed by atoms with van der Waals surface area (Å²) >= 11 is 5.64. The van der Waals surface area contributed by atoms with E-state index >= 15 is 0 Å². The molecule has 2 N–H and O–H groups in total. The highest BCUT2D eigenvalue weighted by molar-refractivity contribution is 8.01. The minimum Gasteiger partial charge on any atom is -0.503 e. The van der Waals surface area contributed by atoms with Gasteiger partial charge >= 0.3 is 5.25 Å². The number of aromatic hydroxyl groups is 2. The summed E-state index contributed by atoms with van der Waals surface area (Å²) in [6.45, 7) is 0. The number of alkyl halides is 2. The van der Waals surface area contributed by atoms with E-state index in [-0.39, 0.29) is 23.1 Å². The van der Waals surface area contributed by atoms with E-state index in [9.17, 15) is 28.2 Å². The van der Waals surface area contributed by atoms with Crippen LogP contribution in [0.5, 0.6) is 23.0 Å². The van der Waals surface area contributed by atoms with Gasteiger partial charge in [-0.25, -0.2) is 4.39 Å². The maximum atomic E-state index is 13.6. The van der Waals surface area contributed by atoms with Gasteiger partial charge in [0, 0.05) is 6.07 Å². The molecule has 1 heterocycles. The molecular weight excluding hydrogens is 383 g/mol. The Morgan fingerprint density at radius 2 is 1.92 bits per heavy atom. The SMILES string of the molecule is N#Cc1cc(F)cc(Oc2c(O)c(O)c3c(c2Cl)C(=O)C(F)(F)S3)c1. The maximum Gasteiger partial charge on any atom is 0.360 e. The first kappa shape index (κ1) is 17.3. The molecule has 0 fully saturated rings. The van der Waals surface area contributed by atoms with Gasteiger partial charge in [0.2, 0.25) is 11.5 Å². The van der Waals surface area contributed by atoms with Gasteiger partial charge in [-0.1, -0.05) is 11.6 Å². The van der Waals surface area contributed by atoms with E-state index in [1.54, 1.807) is 6.07 Å². The number of ether oxygens (including phenoxy) is 1. The number of hydrogen-bond acceptors (Lipinski definition) is 6. The predicted octanol–water partition coefficient (Wildman–Crippen LogP) is 4.44. The molecule has 0 aromatic heterocycles. The normalized spacial score (nSPS) is 14.9. The van der Waals surface area contributed by atoms with Gasteiger partial charge in [0.25, 0.3) is 0 Å². The number of fused-ring (bicyclic) bond motifs is 1. The Morgan fingerprint density at radius 3 is 2.56 bits per heavy atom. The van der Waals surface area contributed by atoms with Gasteiger partial charge < -0.3 is 14.9 Å². The van der Waals surface area contributed by atoms with Crippen LogP contribution in [0.4, 0.5) is 13.2 Å². The summed E-state index contributed by atoms with van der Waals surface area (Å²) in [5.74, 6) is -5.51. The lowest BCUT2D eigenvalue weighted by Gasteiger charge is -2.13. The van der Waals surface area contributed by atoms with Crippen molar-refractivity contribution in [3.05, 3.63) is 40.2 Å². The van der Waals surface area contributed by atoms with Gasteiger partial charge in [-0.15, -0.1) is 0 Å². The first-order chi connectivity index (χ1) is 11.7. The molecule has 0 amide bonds. The predicted molar refractivity (Wildman–Crippen MR) is 81.1 cm³/mol. The first-order valence-electron chi connectivity index (χ1n) is 6.43. The van der Waals surface area contributed by atoms with E-state index in [2.05, 4.69) is 0 Å². The van der Waals surface area contributed by atoms with Crippen LogP contribution in [-0.4, -0.2) is 21.3 Å². The lowest BCUT2D eigenvalue weighted by Crippen LogP contribution is -2.18. The van der Waals surface area contributed by atoms with E-state index in [0.717, 1.165) is 18.2 Å². The molecule has 1 aliphatic heterocycles. The van der Waals surface area contributed by atoms with E-state index in [1.165, 1.54) is 0 Å². The molecule has 128 valence electrons. The number of nitrogens with zero attached hydrogens (tertiary/aromatic N) is 1. The number of carbonyl (C=O) groups excluding carboxylic acids is 1. The second kappa shape index (κ2) is 5.75. The molecule has 0 bridgehead atoms. The number of nitriles is 1. The summed E-state index contributed by atoms with van der Waals surface area (Å²) in [6, 6.07) is 4.52. The van der Waals surface area contributed by atoms with Crippen LogP contribution in [0.3, 0.4) is 0 Å². The molecule has 0 saturated carbocycles. The van der Waals surface area contributed by atoms with Crippen molar-refractivity contribution in [2.24, 2.45) is 0 Å². The van der Waals surface area contributed by atoms with Crippen LogP contribution < -0.4 is 4.74 Å². The van der Waals surface area contributed by atoms with Crippen molar-refractivity contribution < 1.29 is 32.9 Å². The molecule has 25 heavy (non-hydrogen) atoms. The van der Waals surface area contributed by atoms with Crippen LogP contribution in [0.1, 0.15) is 15.9 Å². The van der Waals surface area contributed by atoms with E-state index in [0.29, 0.717) is 0 Å². The topological polar surface area (TPSA) is 90.6 Å². The number of carbonyl (C=O) groups is 1. The highest BCUT2D eigenvalue weighted by atomic mass is 35.5. The van der Waals surface area contributed by atoms with Crippen molar-refractivity contribution >= 4 is 29.1 Å². The third kappa shape index (κ3) is 2.73. The minimum absolute atomic E-state index is 0.117. The summed E-state index contributed by atoms with van der Waals surface area (Å²) in [5, 5.41) is 24.1. The number of thioether (sulfide) groups is 1. The number of benzene rings is 2. The zero-order valence-corrected chi connectivity index (χ0v) is 13.4. The number of Topliss-reactive ketones (excluding diaryl/α,β-unsaturated/α-hetero) is 1. The minimum atomic E-state index is -3.86. The fourth-order valence-corrected chi connectivity index (χ4v) is 3.48. The molecule has 10 heteroatoms. The number of halogens is 4. The highest BCUT2D eigenvalue weighted by Gasteiger charge is 2.52. The highest BCUT2D eigenvalue weighted by Crippen LogP contribution is 2.59. The summed E-state index contributed by atoms with van der Waals surface area (Å²) in [6.07, 6.45) is 0. The fraction of sp³-hybridized carbons (Fsp3) is 0.0667. The Bertz CT molecular complexity index is 974. The third-order valence-corrected chi connectivity index (χ3v) is 4.65. The molecule has 0 spiro atoms. The van der Waals surface area contributed by atoms with Crippen LogP contribution in [0.15, 0.2) is 23.1 Å². The number of ketones is 1. The Balaban J connectivity index is 2.16. The average Bonchev–Trinajstić information content (AvgIpc) is 2.79. The van der Waals surface area contributed by atoms with Gasteiger partial charge in [0.15, 0.2) is 11.5 Å². The number of rotatable bonds is 2. The second-order valence-electron chi connectivity index (χ2n) is 4.88. The lowest BCUT2D eigenvalue weighted by molar-refractivity contribution is 0.0582. The van der Waals surface area contributed by atoms with Crippen LogP contribution in [0, 0.1) is 17.1 Å². The molecule has 0 unspecified atom stereocenters. The van der Waals surface area contributed by atoms with Gasteiger partial charge in [0.1, 0.15) is 11.6 Å². The standard InChI is InChI=1S/C15H5ClF3NO4S/c16-9-8-13(25-15(18,19)14(8)23)11(22)10(21)12(9)24-7-2-5(4-20)1-6(17)3-7/h1-3,21-22H. The fourth-order valence-electron chi connectivity index (χ4n) is 2.17. The van der Waals surface area contributed by atoms with E-state index in [1.807, 2.05) is 0 Å². The van der Waals surface area contributed by atoms with E-state index < -0.39 is 49.6 Å². The molecule has 0 aliphatic carbocycles. The van der Waals surface area contributed by atoms with E-state index in [4.69, 9.17) is 21.6 Å². The van der Waals surface area contributed by atoms with Gasteiger partial charge in [-0.2, -0.15) is 14.0 Å². The summed E-state index contributed by atoms with van der Waals surface area (Å²) in [5.41, 5.74) is -0.826. The monoisotopic (exact) mass is 387 g/mol. The maximum absolute atomic E-state index is 13.6. The number of hydrogen-bond donors (Lipinski definition) is 2. The quantitative estimate of drug-likeness (QED) is 0.740. The van der Waals surface area contributed by atoms with Crippen molar-refractivity contribution in [3.63, 3.8) is 0 Å². The summed E-state index contributed by atoms with van der Waals surface area (Å²) < 4.78 is 45.7. The Hall–Kier alpha value is -2.57. The molecule has 1 aliphatic rings. The van der Waals surface area contributed by atoms with Crippen molar-refractivity contribution in [2.45, 2.75) is 10.2 Å². The number of phenolic OH excluding ortho intramolecular Hbond substituents is 2. The average molecular weight is 388 g/mol. The molecule has 0 radical (unpaired) electrons. The first-order valence-corrected chi connectivity index (χ1v) is 7.62. The van der Waals surface area contributed by atoms with Gasteiger partial charge in [0.05, 0.1) is 27.1 Å². The molecule has 0 atom stereocenters. The van der Waals surface area contributed by atoms with Gasteiger partial charge in [-0.3, -0.25) is 4.79 Å². The van der Waals surface area contributed by atoms with Crippen LogP contribution in [-0.2, 0) is 0 Å². The second-order valence-corrected chi connectivity index (χ2v) is 6.38. The molecule has 5 nitrogen and oxygen atoms in total. The molecular formula is C15H5ClF3NO4S. The lowest BCUT2D eigenvalue weighted by atomic mass is 10.1. The number of phenols is 2. The van der Waals surface area contributed by atoms with Crippen molar-refractivity contribution in [3.8, 4) is 29.1 Å².